The molecule has 98 valence electrons. The van der Waals surface area contributed by atoms with Crippen molar-refractivity contribution in [3.63, 3.8) is 0 Å². The maximum atomic E-state index is 11.0. The van der Waals surface area contributed by atoms with Gasteiger partial charge in [0.2, 0.25) is 5.82 Å². The van der Waals surface area contributed by atoms with Crippen LogP contribution in [0.4, 0.5) is 11.5 Å². The minimum atomic E-state index is -0.630. The molecule has 7 heteroatoms. The Labute approximate surface area is 114 Å². The SMILES string of the molecule is CN(c1ncccc1[N+](=O)[O-])C(Cl)c1ccccn1. The molecule has 0 spiro atoms. The van der Waals surface area contributed by atoms with E-state index in [0.29, 0.717) is 5.69 Å². The Morgan fingerprint density at radius 2 is 2.00 bits per heavy atom. The number of pyridine rings is 2. The second kappa shape index (κ2) is 5.62. The molecular weight excluding hydrogens is 268 g/mol. The number of rotatable bonds is 4. The first-order valence-corrected chi connectivity index (χ1v) is 5.92. The van der Waals surface area contributed by atoms with Crippen LogP contribution in [-0.2, 0) is 0 Å². The van der Waals surface area contributed by atoms with Gasteiger partial charge in [0.05, 0.1) is 10.6 Å². The molecule has 0 fully saturated rings. The molecule has 6 nitrogen and oxygen atoms in total. The number of aromatic nitrogens is 2. The summed E-state index contributed by atoms with van der Waals surface area (Å²) in [5.41, 5.74) is -0.118. The number of halogens is 1. The van der Waals surface area contributed by atoms with Crippen molar-refractivity contribution >= 4 is 23.1 Å². The van der Waals surface area contributed by atoms with Crippen molar-refractivity contribution in [3.05, 3.63) is 58.5 Å². The third-order valence-corrected chi connectivity index (χ3v) is 3.09. The zero-order valence-electron chi connectivity index (χ0n) is 10.1. The van der Waals surface area contributed by atoms with Crippen LogP contribution in [0.25, 0.3) is 0 Å². The number of nitro groups is 1. The van der Waals surface area contributed by atoms with Crippen LogP contribution in [0.2, 0.25) is 0 Å². The minimum absolute atomic E-state index is 0.0911. The van der Waals surface area contributed by atoms with Crippen LogP contribution in [0.3, 0.4) is 0 Å². The smallest absolute Gasteiger partial charge is 0.311 e. The second-order valence-electron chi connectivity index (χ2n) is 3.80. The van der Waals surface area contributed by atoms with Crippen LogP contribution in [0.5, 0.6) is 0 Å². The lowest BCUT2D eigenvalue weighted by molar-refractivity contribution is -0.384. The fourth-order valence-corrected chi connectivity index (χ4v) is 1.85. The zero-order valence-corrected chi connectivity index (χ0v) is 10.9. The number of hydrogen-bond acceptors (Lipinski definition) is 5. The Hall–Kier alpha value is -2.21. The average Bonchev–Trinajstić information content (AvgIpc) is 2.46. The summed E-state index contributed by atoms with van der Waals surface area (Å²) >= 11 is 6.27. The van der Waals surface area contributed by atoms with Gasteiger partial charge in [0.15, 0.2) is 0 Å². The van der Waals surface area contributed by atoms with E-state index in [-0.39, 0.29) is 11.5 Å². The molecule has 0 aliphatic rings. The van der Waals surface area contributed by atoms with Crippen LogP contribution < -0.4 is 4.90 Å². The number of alkyl halides is 1. The Balaban J connectivity index is 2.34. The van der Waals surface area contributed by atoms with E-state index in [1.807, 2.05) is 0 Å². The van der Waals surface area contributed by atoms with E-state index in [4.69, 9.17) is 11.6 Å². The lowest BCUT2D eigenvalue weighted by Crippen LogP contribution is -2.22. The molecule has 19 heavy (non-hydrogen) atoms. The summed E-state index contributed by atoms with van der Waals surface area (Å²) in [5.74, 6) is 0.207. The summed E-state index contributed by atoms with van der Waals surface area (Å²) in [5, 5.41) is 11.0. The molecule has 2 aromatic heterocycles. The average molecular weight is 279 g/mol. The Morgan fingerprint density at radius 3 is 2.63 bits per heavy atom. The van der Waals surface area contributed by atoms with Crippen LogP contribution >= 0.6 is 11.6 Å². The van der Waals surface area contributed by atoms with Gasteiger partial charge in [-0.25, -0.2) is 4.98 Å². The van der Waals surface area contributed by atoms with Crippen molar-refractivity contribution in [2.24, 2.45) is 0 Å². The van der Waals surface area contributed by atoms with Crippen LogP contribution in [0.15, 0.2) is 42.7 Å². The van der Waals surface area contributed by atoms with E-state index in [0.717, 1.165) is 0 Å². The molecule has 0 amide bonds. The van der Waals surface area contributed by atoms with Crippen LogP contribution in [0, 0.1) is 10.1 Å². The molecule has 0 bridgehead atoms. The first-order chi connectivity index (χ1) is 9.11. The summed E-state index contributed by atoms with van der Waals surface area (Å²) in [7, 11) is 1.64. The lowest BCUT2D eigenvalue weighted by atomic mass is 10.3. The first-order valence-electron chi connectivity index (χ1n) is 5.48. The molecule has 0 saturated carbocycles. The molecule has 0 N–H and O–H groups in total. The van der Waals surface area contributed by atoms with Crippen LogP contribution in [0.1, 0.15) is 11.2 Å². The van der Waals surface area contributed by atoms with Gasteiger partial charge in [-0.15, -0.1) is 0 Å². The zero-order chi connectivity index (χ0) is 13.8. The maximum Gasteiger partial charge on any atom is 0.311 e. The molecule has 0 radical (unpaired) electrons. The second-order valence-corrected chi connectivity index (χ2v) is 4.22. The summed E-state index contributed by atoms with van der Waals surface area (Å²) < 4.78 is 0. The normalized spacial score (nSPS) is 11.9. The highest BCUT2D eigenvalue weighted by Crippen LogP contribution is 2.31. The molecule has 0 saturated heterocycles. The van der Waals surface area contributed by atoms with Gasteiger partial charge in [-0.2, -0.15) is 0 Å². The monoisotopic (exact) mass is 278 g/mol. The minimum Gasteiger partial charge on any atom is -0.332 e. The lowest BCUT2D eigenvalue weighted by Gasteiger charge is -2.22. The third-order valence-electron chi connectivity index (χ3n) is 2.57. The molecule has 0 aromatic carbocycles. The molecular formula is C12H11ClN4O2. The quantitative estimate of drug-likeness (QED) is 0.372. The van der Waals surface area contributed by atoms with Gasteiger partial charge in [-0.1, -0.05) is 17.7 Å². The van der Waals surface area contributed by atoms with Crippen molar-refractivity contribution in [2.45, 2.75) is 5.50 Å². The highest BCUT2D eigenvalue weighted by Gasteiger charge is 2.24. The van der Waals surface area contributed by atoms with Crippen molar-refractivity contribution in [3.8, 4) is 0 Å². The molecule has 1 unspecified atom stereocenters. The number of anilines is 1. The summed E-state index contributed by atoms with van der Waals surface area (Å²) in [6.07, 6.45) is 3.10. The van der Waals surface area contributed by atoms with E-state index >= 15 is 0 Å². The fraction of sp³-hybridized carbons (Fsp3) is 0.167. The maximum absolute atomic E-state index is 11.0. The molecule has 1 atom stereocenters. The van der Waals surface area contributed by atoms with Crippen molar-refractivity contribution in [1.29, 1.82) is 0 Å². The predicted octanol–water partition coefficient (Wildman–Crippen LogP) is 2.76. The van der Waals surface area contributed by atoms with Gasteiger partial charge in [-0.3, -0.25) is 15.1 Å². The molecule has 2 rings (SSSR count). The summed E-state index contributed by atoms with van der Waals surface area (Å²) in [4.78, 5) is 20.1. The van der Waals surface area contributed by atoms with E-state index < -0.39 is 10.4 Å². The van der Waals surface area contributed by atoms with E-state index in [2.05, 4.69) is 9.97 Å². The van der Waals surface area contributed by atoms with Crippen molar-refractivity contribution in [1.82, 2.24) is 9.97 Å². The molecule has 2 aromatic rings. The van der Waals surface area contributed by atoms with E-state index in [9.17, 15) is 10.1 Å². The predicted molar refractivity (Wildman–Crippen MR) is 72.1 cm³/mol. The molecule has 0 aliphatic carbocycles. The van der Waals surface area contributed by atoms with Gasteiger partial charge in [-0.05, 0) is 18.2 Å². The largest absolute Gasteiger partial charge is 0.332 e. The van der Waals surface area contributed by atoms with E-state index in [1.54, 1.807) is 31.4 Å². The number of nitrogens with zero attached hydrogens (tertiary/aromatic N) is 4. The van der Waals surface area contributed by atoms with Gasteiger partial charge in [0.25, 0.3) is 0 Å². The molecule has 0 aliphatic heterocycles. The Morgan fingerprint density at radius 1 is 1.26 bits per heavy atom. The summed E-state index contributed by atoms with van der Waals surface area (Å²) in [6, 6.07) is 8.23. The highest BCUT2D eigenvalue weighted by atomic mass is 35.5. The highest BCUT2D eigenvalue weighted by molar-refractivity contribution is 6.21. The number of hydrogen-bond donors (Lipinski definition) is 0. The standard InChI is InChI=1S/C12H11ClN4O2/c1-16(11(13)9-5-2-3-7-14-9)12-10(17(18)19)6-4-8-15-12/h2-8,11H,1H3. The Kier molecular flexibility index (Phi) is 3.91. The fourth-order valence-electron chi connectivity index (χ4n) is 1.63. The topological polar surface area (TPSA) is 72.2 Å². The van der Waals surface area contributed by atoms with Gasteiger partial charge in [0, 0.05) is 25.5 Å². The Bertz CT molecular complexity index is 579. The third kappa shape index (κ3) is 2.79. The van der Waals surface area contributed by atoms with Crippen molar-refractivity contribution < 1.29 is 4.92 Å². The van der Waals surface area contributed by atoms with Crippen molar-refractivity contribution in [2.75, 3.05) is 11.9 Å². The van der Waals surface area contributed by atoms with Crippen LogP contribution in [-0.4, -0.2) is 21.9 Å². The van der Waals surface area contributed by atoms with Gasteiger partial charge < -0.3 is 4.90 Å². The van der Waals surface area contributed by atoms with Gasteiger partial charge >= 0.3 is 5.69 Å². The molecule has 2 heterocycles. The summed E-state index contributed by atoms with van der Waals surface area (Å²) in [6.45, 7) is 0. The first kappa shape index (κ1) is 13.2. The van der Waals surface area contributed by atoms with Gasteiger partial charge in [0.1, 0.15) is 5.50 Å². The van der Waals surface area contributed by atoms with E-state index in [1.165, 1.54) is 23.2 Å².